The van der Waals surface area contributed by atoms with Crippen LogP contribution in [-0.2, 0) is 4.74 Å². The van der Waals surface area contributed by atoms with E-state index in [1.54, 1.807) is 23.3 Å². The van der Waals surface area contributed by atoms with E-state index in [0.717, 1.165) is 9.40 Å². The van der Waals surface area contributed by atoms with Gasteiger partial charge in [-0.2, -0.15) is 0 Å². The summed E-state index contributed by atoms with van der Waals surface area (Å²) in [6.07, 6.45) is 0.325. The molecular weight excluding hydrogens is 310 g/mol. The van der Waals surface area contributed by atoms with Crippen LogP contribution in [0.15, 0.2) is 22.7 Å². The Kier molecular flexibility index (Phi) is 5.54. The topological polar surface area (TPSA) is 88.2 Å². The molecule has 0 aromatic carbocycles. The highest BCUT2D eigenvalue weighted by atomic mass is 32.1. The highest BCUT2D eigenvalue weighted by Crippen LogP contribution is 2.30. The summed E-state index contributed by atoms with van der Waals surface area (Å²) in [5.41, 5.74) is 5.47. The van der Waals surface area contributed by atoms with Gasteiger partial charge in [0, 0.05) is 36.0 Å². The van der Waals surface area contributed by atoms with Crippen LogP contribution >= 0.6 is 22.7 Å². The highest BCUT2D eigenvalue weighted by molar-refractivity contribution is 7.27. The molecule has 8 heteroatoms. The number of amidine groups is 1. The van der Waals surface area contributed by atoms with E-state index < -0.39 is 0 Å². The number of carbonyl (C=O) groups is 1. The van der Waals surface area contributed by atoms with Crippen molar-refractivity contribution in [2.24, 2.45) is 10.9 Å². The Hall–Kier alpha value is -1.64. The van der Waals surface area contributed by atoms with Gasteiger partial charge < -0.3 is 20.6 Å². The molecule has 0 aliphatic rings. The molecular formula is C13H17N3O3S2. The molecule has 6 nitrogen and oxygen atoms in total. The van der Waals surface area contributed by atoms with Crippen LogP contribution in [0.5, 0.6) is 0 Å². The number of hydrogen-bond acceptors (Lipinski definition) is 6. The van der Waals surface area contributed by atoms with Gasteiger partial charge in [-0.25, -0.2) is 0 Å². The van der Waals surface area contributed by atoms with Crippen molar-refractivity contribution in [2.75, 3.05) is 26.8 Å². The fourth-order valence-electron chi connectivity index (χ4n) is 1.84. The Morgan fingerprint density at radius 2 is 2.29 bits per heavy atom. The molecule has 3 N–H and O–H groups in total. The lowest BCUT2D eigenvalue weighted by Crippen LogP contribution is -2.36. The van der Waals surface area contributed by atoms with Gasteiger partial charge in [-0.3, -0.25) is 4.79 Å². The minimum atomic E-state index is -0.0498. The Morgan fingerprint density at radius 3 is 2.95 bits per heavy atom. The van der Waals surface area contributed by atoms with E-state index in [1.807, 2.05) is 17.5 Å². The number of fused-ring (bicyclic) bond motifs is 1. The molecule has 0 aliphatic carbocycles. The second-order valence-corrected chi connectivity index (χ2v) is 6.42. The molecule has 0 saturated heterocycles. The van der Waals surface area contributed by atoms with E-state index in [9.17, 15) is 4.79 Å². The van der Waals surface area contributed by atoms with Crippen LogP contribution in [0.1, 0.15) is 16.1 Å². The second-order valence-electron chi connectivity index (χ2n) is 4.39. The number of oxime groups is 1. The Balaban J connectivity index is 2.10. The number of thiophene rings is 2. The third kappa shape index (κ3) is 3.93. The first-order valence-corrected chi connectivity index (χ1v) is 8.07. The molecule has 0 atom stereocenters. The summed E-state index contributed by atoms with van der Waals surface area (Å²) in [6, 6.07) is 3.92. The maximum absolute atomic E-state index is 12.6. The lowest BCUT2D eigenvalue weighted by Gasteiger charge is -2.21. The predicted octanol–water partition coefficient (Wildman–Crippen LogP) is 2.19. The van der Waals surface area contributed by atoms with Gasteiger partial charge in [-0.1, -0.05) is 5.16 Å². The molecule has 0 bridgehead atoms. The molecule has 2 aromatic rings. The first kappa shape index (κ1) is 15.7. The molecule has 0 fully saturated rings. The Bertz CT molecular complexity index is 607. The quantitative estimate of drug-likeness (QED) is 0.353. The molecule has 0 unspecified atom stereocenters. The molecule has 1 amide bonds. The van der Waals surface area contributed by atoms with Crippen molar-refractivity contribution in [3.05, 3.63) is 22.4 Å². The van der Waals surface area contributed by atoms with Crippen molar-refractivity contribution < 1.29 is 14.7 Å². The molecule has 2 heterocycles. The number of methoxy groups -OCH3 is 1. The standard InChI is InChI=1S/C13H17N3O3S2/c1-19-6-5-16(4-2-12(14)15-18)13(17)11-8-10-9(21-11)3-7-20-10/h3,7-8,18H,2,4-6H2,1H3,(H2,14,15). The smallest absolute Gasteiger partial charge is 0.264 e. The largest absolute Gasteiger partial charge is 0.409 e. The maximum atomic E-state index is 12.6. The number of ether oxygens (including phenoxy) is 1. The minimum absolute atomic E-state index is 0.0498. The fourth-order valence-corrected chi connectivity index (χ4v) is 3.92. The van der Waals surface area contributed by atoms with Crippen LogP contribution < -0.4 is 5.73 Å². The van der Waals surface area contributed by atoms with Crippen LogP contribution in [0.3, 0.4) is 0 Å². The van der Waals surface area contributed by atoms with Crippen molar-refractivity contribution in [2.45, 2.75) is 6.42 Å². The van der Waals surface area contributed by atoms with Crippen LogP contribution in [0, 0.1) is 0 Å². The van der Waals surface area contributed by atoms with Gasteiger partial charge in [0.1, 0.15) is 5.84 Å². The third-order valence-corrected chi connectivity index (χ3v) is 5.05. The molecule has 0 aliphatic heterocycles. The zero-order valence-electron chi connectivity index (χ0n) is 11.6. The molecule has 21 heavy (non-hydrogen) atoms. The van der Waals surface area contributed by atoms with Crippen LogP contribution in [0.2, 0.25) is 0 Å². The van der Waals surface area contributed by atoms with Gasteiger partial charge in [0.15, 0.2) is 0 Å². The number of hydrogen-bond donors (Lipinski definition) is 2. The number of nitrogens with zero attached hydrogens (tertiary/aromatic N) is 2. The van der Waals surface area contributed by atoms with E-state index >= 15 is 0 Å². The van der Waals surface area contributed by atoms with Gasteiger partial charge in [0.2, 0.25) is 0 Å². The summed E-state index contributed by atoms with van der Waals surface area (Å²) >= 11 is 3.10. The molecule has 2 rings (SSSR count). The first-order chi connectivity index (χ1) is 10.2. The van der Waals surface area contributed by atoms with E-state index in [4.69, 9.17) is 15.7 Å². The van der Waals surface area contributed by atoms with Crippen molar-refractivity contribution in [3.63, 3.8) is 0 Å². The zero-order valence-corrected chi connectivity index (χ0v) is 13.2. The van der Waals surface area contributed by atoms with Gasteiger partial charge >= 0.3 is 0 Å². The number of carbonyl (C=O) groups excluding carboxylic acids is 1. The van der Waals surface area contributed by atoms with Crippen molar-refractivity contribution in [3.8, 4) is 0 Å². The Labute approximate surface area is 130 Å². The maximum Gasteiger partial charge on any atom is 0.264 e. The molecule has 0 radical (unpaired) electrons. The van der Waals surface area contributed by atoms with Gasteiger partial charge in [0.25, 0.3) is 5.91 Å². The van der Waals surface area contributed by atoms with Crippen LogP contribution in [0.4, 0.5) is 0 Å². The molecule has 0 spiro atoms. The molecule has 0 saturated carbocycles. The summed E-state index contributed by atoms with van der Waals surface area (Å²) in [5.74, 6) is 0.0589. The zero-order chi connectivity index (χ0) is 15.2. The lowest BCUT2D eigenvalue weighted by molar-refractivity contribution is 0.0705. The monoisotopic (exact) mass is 327 g/mol. The van der Waals surface area contributed by atoms with E-state index in [-0.39, 0.29) is 11.7 Å². The van der Waals surface area contributed by atoms with Crippen molar-refractivity contribution in [1.82, 2.24) is 4.90 Å². The normalized spacial score (nSPS) is 12.0. The number of nitrogens with two attached hydrogens (primary N) is 1. The van der Waals surface area contributed by atoms with Gasteiger partial charge in [-0.05, 0) is 17.5 Å². The van der Waals surface area contributed by atoms with E-state index in [2.05, 4.69) is 5.16 Å². The number of amides is 1. The van der Waals surface area contributed by atoms with Crippen molar-refractivity contribution in [1.29, 1.82) is 0 Å². The molecule has 114 valence electrons. The minimum Gasteiger partial charge on any atom is -0.409 e. The summed E-state index contributed by atoms with van der Waals surface area (Å²) in [4.78, 5) is 14.9. The van der Waals surface area contributed by atoms with Crippen LogP contribution in [-0.4, -0.2) is 48.7 Å². The SMILES string of the molecule is COCCN(CC/C(N)=N/O)C(=O)c1cc2sccc2s1. The summed E-state index contributed by atoms with van der Waals surface area (Å²) < 4.78 is 7.27. The average molecular weight is 327 g/mol. The number of rotatable bonds is 7. The summed E-state index contributed by atoms with van der Waals surface area (Å²) in [5, 5.41) is 13.5. The highest BCUT2D eigenvalue weighted by Gasteiger charge is 2.18. The van der Waals surface area contributed by atoms with E-state index in [1.165, 1.54) is 11.3 Å². The van der Waals surface area contributed by atoms with E-state index in [0.29, 0.717) is 31.0 Å². The van der Waals surface area contributed by atoms with Gasteiger partial charge in [-0.15, -0.1) is 22.7 Å². The molecule has 2 aromatic heterocycles. The summed E-state index contributed by atoms with van der Waals surface area (Å²) in [7, 11) is 1.59. The first-order valence-electron chi connectivity index (χ1n) is 6.37. The van der Waals surface area contributed by atoms with Crippen LogP contribution in [0.25, 0.3) is 9.40 Å². The average Bonchev–Trinajstić information content (AvgIpc) is 3.07. The Morgan fingerprint density at radius 1 is 1.48 bits per heavy atom. The fraction of sp³-hybridized carbons (Fsp3) is 0.385. The predicted molar refractivity (Wildman–Crippen MR) is 85.5 cm³/mol. The van der Waals surface area contributed by atoms with Crippen molar-refractivity contribution >= 4 is 43.8 Å². The summed E-state index contributed by atoms with van der Waals surface area (Å²) in [6.45, 7) is 1.31. The third-order valence-electron chi connectivity index (χ3n) is 2.97. The second kappa shape index (κ2) is 7.39. The van der Waals surface area contributed by atoms with Gasteiger partial charge in [0.05, 0.1) is 11.5 Å². The lowest BCUT2D eigenvalue weighted by atomic mass is 10.3.